The first-order valence-corrected chi connectivity index (χ1v) is 8.87. The summed E-state index contributed by atoms with van der Waals surface area (Å²) in [4.78, 5) is 0. The second-order valence-electron chi connectivity index (χ2n) is 7.92. The first-order valence-electron chi connectivity index (χ1n) is 7.36. The molecule has 0 aliphatic carbocycles. The molecular formula is C17H28NO2S. The van der Waals surface area contributed by atoms with Crippen LogP contribution in [0.5, 0.6) is 0 Å². The fourth-order valence-electron chi connectivity index (χ4n) is 1.78. The lowest BCUT2D eigenvalue weighted by atomic mass is 9.80. The van der Waals surface area contributed by atoms with Crippen LogP contribution in [0.25, 0.3) is 0 Å². The zero-order valence-corrected chi connectivity index (χ0v) is 15.3. The van der Waals surface area contributed by atoms with Gasteiger partial charge in [0.25, 0.3) is 0 Å². The van der Waals surface area contributed by atoms with Crippen molar-refractivity contribution in [2.75, 3.05) is 0 Å². The van der Waals surface area contributed by atoms with Crippen molar-refractivity contribution in [1.82, 2.24) is 0 Å². The fourth-order valence-corrected chi connectivity index (χ4v) is 2.39. The molecule has 0 heterocycles. The molecule has 0 saturated carbocycles. The molecule has 0 aliphatic rings. The highest BCUT2D eigenvalue weighted by atomic mass is 32.2. The summed E-state index contributed by atoms with van der Waals surface area (Å²) in [5.41, 5.74) is 2.64. The molecule has 1 unspecified atom stereocenters. The summed E-state index contributed by atoms with van der Waals surface area (Å²) in [5, 5.41) is -0.506. The number of nitrogens with zero attached hydrogens (tertiary/aromatic N) is 1. The maximum absolute atomic E-state index is 12.1. The van der Waals surface area contributed by atoms with Gasteiger partial charge in [0.05, 0.1) is 10.9 Å². The molecule has 21 heavy (non-hydrogen) atoms. The second-order valence-corrected chi connectivity index (χ2v) is 10.1. The molecule has 1 aromatic rings. The molecule has 0 spiro atoms. The molecule has 0 saturated heterocycles. The topological polar surface area (TPSA) is 49.3 Å². The van der Waals surface area contributed by atoms with E-state index in [1.807, 2.05) is 12.1 Å². The predicted molar refractivity (Wildman–Crippen MR) is 89.9 cm³/mol. The molecule has 119 valence electrons. The molecule has 1 radical (unpaired) electrons. The quantitative estimate of drug-likeness (QED) is 0.746. The van der Waals surface area contributed by atoms with E-state index in [4.69, 9.17) is 0 Å². The molecule has 0 fully saturated rings. The van der Waals surface area contributed by atoms with Gasteiger partial charge in [-0.2, -0.15) is 4.36 Å². The first kappa shape index (κ1) is 18.2. The minimum Gasteiger partial charge on any atom is -0.218 e. The molecule has 0 aliphatic heterocycles. The highest BCUT2D eigenvalue weighted by Gasteiger charge is 2.21. The SMILES string of the molecule is CC(C)S([O])(=O)=Nc1cc(C(C)(C)C)cc(C(C)(C)C)c1. The average molecular weight is 310 g/mol. The fraction of sp³-hybridized carbons (Fsp3) is 0.647. The van der Waals surface area contributed by atoms with E-state index < -0.39 is 15.3 Å². The second kappa shape index (κ2) is 5.73. The zero-order chi connectivity index (χ0) is 16.6. The summed E-state index contributed by atoms with van der Waals surface area (Å²) in [6, 6.07) is 5.92. The largest absolute Gasteiger partial charge is 0.218 e. The Balaban J connectivity index is 3.58. The van der Waals surface area contributed by atoms with Crippen molar-refractivity contribution >= 4 is 15.7 Å². The van der Waals surface area contributed by atoms with Crippen LogP contribution in [0.4, 0.5) is 5.69 Å². The van der Waals surface area contributed by atoms with E-state index in [1.165, 1.54) is 0 Å². The summed E-state index contributed by atoms with van der Waals surface area (Å²) in [7, 11) is -3.45. The van der Waals surface area contributed by atoms with Gasteiger partial charge >= 0.3 is 0 Å². The maximum atomic E-state index is 12.1. The number of hydrogen-bond acceptors (Lipinski definition) is 2. The van der Waals surface area contributed by atoms with E-state index in [9.17, 15) is 8.76 Å². The lowest BCUT2D eigenvalue weighted by molar-refractivity contribution is 0.455. The van der Waals surface area contributed by atoms with Gasteiger partial charge in [0.1, 0.15) is 0 Å². The Morgan fingerprint density at radius 2 is 1.29 bits per heavy atom. The molecule has 1 aromatic carbocycles. The Labute approximate surface area is 130 Å². The smallest absolute Gasteiger partial charge is 0.200 e. The predicted octanol–water partition coefficient (Wildman–Crippen LogP) is 5.14. The van der Waals surface area contributed by atoms with Crippen molar-refractivity contribution in [3.05, 3.63) is 29.3 Å². The highest BCUT2D eigenvalue weighted by molar-refractivity contribution is 7.88. The van der Waals surface area contributed by atoms with E-state index in [-0.39, 0.29) is 10.8 Å². The van der Waals surface area contributed by atoms with Crippen LogP contribution in [0.1, 0.15) is 66.5 Å². The van der Waals surface area contributed by atoms with Crippen LogP contribution in [0.2, 0.25) is 0 Å². The Kier molecular flexibility index (Phi) is 4.96. The summed E-state index contributed by atoms with van der Waals surface area (Å²) in [5.74, 6) is 0. The third kappa shape index (κ3) is 4.82. The number of hydrogen-bond donors (Lipinski definition) is 0. The third-order valence-corrected chi connectivity index (χ3v) is 5.13. The van der Waals surface area contributed by atoms with Gasteiger partial charge in [0.2, 0.25) is 10.0 Å². The van der Waals surface area contributed by atoms with Crippen LogP contribution < -0.4 is 0 Å². The molecular weight excluding hydrogens is 282 g/mol. The van der Waals surface area contributed by atoms with Crippen LogP contribution in [-0.2, 0) is 25.4 Å². The normalized spacial score (nSPS) is 15.9. The Hall–Kier alpha value is -0.870. The van der Waals surface area contributed by atoms with Gasteiger partial charge in [-0.05, 0) is 47.9 Å². The van der Waals surface area contributed by atoms with Crippen LogP contribution >= 0.6 is 0 Å². The minimum absolute atomic E-state index is 0.0485. The Bertz CT molecular complexity index is 593. The standard InChI is InChI=1S/C17H28NO2S/c1-12(2)21(19,20)18-15-10-13(16(3,4)5)9-14(11-15)17(6,7)8/h9-12H,1-8H3. The molecule has 1 rings (SSSR count). The minimum atomic E-state index is -3.45. The van der Waals surface area contributed by atoms with Crippen LogP contribution in [-0.4, -0.2) is 9.46 Å². The van der Waals surface area contributed by atoms with Crippen molar-refractivity contribution in [1.29, 1.82) is 0 Å². The molecule has 0 bridgehead atoms. The van der Waals surface area contributed by atoms with Gasteiger partial charge in [0.15, 0.2) is 0 Å². The van der Waals surface area contributed by atoms with E-state index in [0.717, 1.165) is 11.1 Å². The Morgan fingerprint density at radius 3 is 1.57 bits per heavy atom. The van der Waals surface area contributed by atoms with Crippen molar-refractivity contribution in [3.63, 3.8) is 0 Å². The van der Waals surface area contributed by atoms with Crippen LogP contribution in [0.3, 0.4) is 0 Å². The summed E-state index contributed by atoms with van der Waals surface area (Å²) < 4.78 is 28.1. The zero-order valence-electron chi connectivity index (χ0n) is 14.5. The molecule has 4 heteroatoms. The lowest BCUT2D eigenvalue weighted by Gasteiger charge is -2.25. The van der Waals surface area contributed by atoms with Gasteiger partial charge in [-0.1, -0.05) is 47.6 Å². The summed E-state index contributed by atoms with van der Waals surface area (Å²) in [6.45, 7) is 16.0. The first-order chi connectivity index (χ1) is 9.23. The van der Waals surface area contributed by atoms with Gasteiger partial charge in [0, 0.05) is 0 Å². The van der Waals surface area contributed by atoms with Gasteiger partial charge in [-0.25, -0.2) is 4.21 Å². The third-order valence-electron chi connectivity index (χ3n) is 3.48. The monoisotopic (exact) mass is 310 g/mol. The van der Waals surface area contributed by atoms with E-state index >= 15 is 0 Å². The molecule has 0 aromatic heterocycles. The van der Waals surface area contributed by atoms with Crippen molar-refractivity contribution in [2.45, 2.75) is 71.5 Å². The number of benzene rings is 1. The van der Waals surface area contributed by atoms with Gasteiger partial charge in [-0.3, -0.25) is 0 Å². The summed E-state index contributed by atoms with van der Waals surface area (Å²) >= 11 is 0. The average Bonchev–Trinajstić information content (AvgIpc) is 2.25. The maximum Gasteiger partial charge on any atom is 0.200 e. The van der Waals surface area contributed by atoms with E-state index in [2.05, 4.69) is 52.0 Å². The summed E-state index contributed by atoms with van der Waals surface area (Å²) in [6.07, 6.45) is 0. The molecule has 1 atom stereocenters. The molecule has 0 N–H and O–H groups in total. The highest BCUT2D eigenvalue weighted by Crippen LogP contribution is 2.33. The van der Waals surface area contributed by atoms with Gasteiger partial charge in [-0.15, -0.1) is 4.55 Å². The van der Waals surface area contributed by atoms with Crippen LogP contribution in [0.15, 0.2) is 22.6 Å². The van der Waals surface area contributed by atoms with E-state index in [0.29, 0.717) is 5.69 Å². The molecule has 3 nitrogen and oxygen atoms in total. The van der Waals surface area contributed by atoms with E-state index in [1.54, 1.807) is 13.8 Å². The molecule has 0 amide bonds. The lowest BCUT2D eigenvalue weighted by Crippen LogP contribution is -2.16. The van der Waals surface area contributed by atoms with Crippen LogP contribution in [0, 0.1) is 0 Å². The van der Waals surface area contributed by atoms with Crippen molar-refractivity contribution < 1.29 is 8.76 Å². The van der Waals surface area contributed by atoms with Crippen molar-refractivity contribution in [2.24, 2.45) is 4.36 Å². The Morgan fingerprint density at radius 1 is 0.905 bits per heavy atom. The van der Waals surface area contributed by atoms with Gasteiger partial charge < -0.3 is 0 Å². The number of rotatable bonds is 2. The van der Waals surface area contributed by atoms with Crippen molar-refractivity contribution in [3.8, 4) is 0 Å².